The number of aliphatic hydroxyl groups excluding tert-OH is 1. The maximum absolute atomic E-state index is 12.5. The molecule has 24 heavy (non-hydrogen) atoms. The summed E-state index contributed by atoms with van der Waals surface area (Å²) in [6.45, 7) is 5.60. The van der Waals surface area contributed by atoms with Crippen molar-refractivity contribution in [1.29, 1.82) is 0 Å². The van der Waals surface area contributed by atoms with Gasteiger partial charge in [-0.15, -0.1) is 0 Å². The number of aliphatic hydroxyl groups is 1. The second kappa shape index (κ2) is 7.32. The van der Waals surface area contributed by atoms with E-state index in [0.717, 1.165) is 19.6 Å². The van der Waals surface area contributed by atoms with Crippen LogP contribution < -0.4 is 0 Å². The maximum atomic E-state index is 12.5. The fourth-order valence-electron chi connectivity index (χ4n) is 3.48. The standard InChI is InChI=1S/C18H25N3O3/c1-14(22)20-8-9-21(13-17(23)12-20)18(24)6-7-19-10-15-4-2-3-5-16(15)11-19/h2-5,17,23H,6-13H2,1H3. The number of fused-ring (bicyclic) bond motifs is 1. The van der Waals surface area contributed by atoms with Crippen LogP contribution in [-0.2, 0) is 22.7 Å². The Balaban J connectivity index is 1.50. The predicted molar refractivity (Wildman–Crippen MR) is 90.0 cm³/mol. The molecular formula is C18H25N3O3. The summed E-state index contributed by atoms with van der Waals surface area (Å²) in [4.78, 5) is 29.5. The van der Waals surface area contributed by atoms with Crippen molar-refractivity contribution in [2.45, 2.75) is 32.5 Å². The van der Waals surface area contributed by atoms with Crippen LogP contribution in [0.2, 0.25) is 0 Å². The number of hydrogen-bond acceptors (Lipinski definition) is 4. The molecule has 0 aromatic heterocycles. The molecule has 0 aliphatic carbocycles. The minimum absolute atomic E-state index is 0.0513. The van der Waals surface area contributed by atoms with Gasteiger partial charge in [-0.05, 0) is 11.1 Å². The number of nitrogens with zero attached hydrogens (tertiary/aromatic N) is 3. The number of β-amino-alcohol motifs (C(OH)–C–C–N with tert-alkyl or cyclic N) is 1. The first-order chi connectivity index (χ1) is 11.5. The van der Waals surface area contributed by atoms with Crippen LogP contribution in [0.25, 0.3) is 0 Å². The van der Waals surface area contributed by atoms with Gasteiger partial charge in [-0.3, -0.25) is 14.5 Å². The van der Waals surface area contributed by atoms with E-state index in [1.54, 1.807) is 9.80 Å². The topological polar surface area (TPSA) is 64.1 Å². The lowest BCUT2D eigenvalue weighted by Crippen LogP contribution is -2.39. The quantitative estimate of drug-likeness (QED) is 0.873. The largest absolute Gasteiger partial charge is 0.389 e. The van der Waals surface area contributed by atoms with Crippen molar-refractivity contribution in [3.8, 4) is 0 Å². The Morgan fingerprint density at radius 3 is 2.29 bits per heavy atom. The number of rotatable bonds is 3. The molecule has 2 amide bonds. The van der Waals surface area contributed by atoms with Gasteiger partial charge < -0.3 is 14.9 Å². The number of amides is 2. The minimum Gasteiger partial charge on any atom is -0.389 e. The lowest BCUT2D eigenvalue weighted by molar-refractivity contribution is -0.133. The molecule has 0 spiro atoms. The molecule has 1 unspecified atom stereocenters. The highest BCUT2D eigenvalue weighted by Gasteiger charge is 2.26. The van der Waals surface area contributed by atoms with Gasteiger partial charge >= 0.3 is 0 Å². The highest BCUT2D eigenvalue weighted by atomic mass is 16.3. The SMILES string of the molecule is CC(=O)N1CCN(C(=O)CCN2Cc3ccccc3C2)CC(O)C1. The van der Waals surface area contributed by atoms with E-state index < -0.39 is 6.10 Å². The molecule has 3 rings (SSSR count). The Bertz CT molecular complexity index is 594. The van der Waals surface area contributed by atoms with Gasteiger partial charge in [-0.1, -0.05) is 24.3 Å². The summed E-state index contributed by atoms with van der Waals surface area (Å²) in [6.07, 6.45) is -0.225. The van der Waals surface area contributed by atoms with Gasteiger partial charge in [-0.2, -0.15) is 0 Å². The lowest BCUT2D eigenvalue weighted by atomic mass is 10.1. The van der Waals surface area contributed by atoms with Crippen molar-refractivity contribution in [2.24, 2.45) is 0 Å². The fraction of sp³-hybridized carbons (Fsp3) is 0.556. The van der Waals surface area contributed by atoms with Crippen molar-refractivity contribution in [1.82, 2.24) is 14.7 Å². The van der Waals surface area contributed by atoms with E-state index in [1.165, 1.54) is 18.1 Å². The normalized spacial score (nSPS) is 21.5. The molecule has 1 saturated heterocycles. The first-order valence-corrected chi connectivity index (χ1v) is 8.53. The molecule has 0 saturated carbocycles. The summed E-state index contributed by atoms with van der Waals surface area (Å²) in [5.74, 6) is -0.00594. The molecule has 1 fully saturated rings. The Hall–Kier alpha value is -1.92. The molecule has 1 N–H and O–H groups in total. The monoisotopic (exact) mass is 331 g/mol. The fourth-order valence-corrected chi connectivity index (χ4v) is 3.48. The van der Waals surface area contributed by atoms with E-state index in [4.69, 9.17) is 0 Å². The van der Waals surface area contributed by atoms with Crippen LogP contribution >= 0.6 is 0 Å². The van der Waals surface area contributed by atoms with Gasteiger partial charge in [-0.25, -0.2) is 0 Å². The Morgan fingerprint density at radius 2 is 1.67 bits per heavy atom. The average molecular weight is 331 g/mol. The molecule has 1 atom stereocenters. The van der Waals surface area contributed by atoms with Crippen LogP contribution in [0.1, 0.15) is 24.5 Å². The summed E-state index contributed by atoms with van der Waals surface area (Å²) in [6, 6.07) is 8.37. The van der Waals surface area contributed by atoms with Crippen LogP contribution in [0.15, 0.2) is 24.3 Å². The zero-order valence-corrected chi connectivity index (χ0v) is 14.1. The van der Waals surface area contributed by atoms with Gasteiger partial charge in [0.1, 0.15) is 0 Å². The Kier molecular flexibility index (Phi) is 5.16. The molecule has 2 aliphatic heterocycles. The minimum atomic E-state index is -0.670. The third-order valence-electron chi connectivity index (χ3n) is 4.85. The number of carbonyl (C=O) groups excluding carboxylic acids is 2. The van der Waals surface area contributed by atoms with Crippen LogP contribution in [0, 0.1) is 0 Å². The molecular weight excluding hydrogens is 306 g/mol. The van der Waals surface area contributed by atoms with E-state index in [9.17, 15) is 14.7 Å². The van der Waals surface area contributed by atoms with Gasteiger partial charge in [0.05, 0.1) is 6.10 Å². The lowest BCUT2D eigenvalue weighted by Gasteiger charge is -2.23. The molecule has 6 nitrogen and oxygen atoms in total. The summed E-state index contributed by atoms with van der Waals surface area (Å²) in [7, 11) is 0. The van der Waals surface area contributed by atoms with Crippen molar-refractivity contribution in [3.63, 3.8) is 0 Å². The second-order valence-corrected chi connectivity index (χ2v) is 6.69. The number of benzene rings is 1. The van der Waals surface area contributed by atoms with Gasteiger partial charge in [0.15, 0.2) is 0 Å². The van der Waals surface area contributed by atoms with Crippen molar-refractivity contribution in [2.75, 3.05) is 32.7 Å². The molecule has 1 aromatic rings. The molecule has 130 valence electrons. The molecule has 6 heteroatoms. The third kappa shape index (κ3) is 3.94. The van der Waals surface area contributed by atoms with E-state index >= 15 is 0 Å². The van der Waals surface area contributed by atoms with Crippen molar-refractivity contribution < 1.29 is 14.7 Å². The first kappa shape index (κ1) is 16.9. The second-order valence-electron chi connectivity index (χ2n) is 6.69. The van der Waals surface area contributed by atoms with E-state index in [1.807, 2.05) is 12.1 Å². The summed E-state index contributed by atoms with van der Waals surface area (Å²) < 4.78 is 0. The van der Waals surface area contributed by atoms with Gasteiger partial charge in [0, 0.05) is 59.2 Å². The summed E-state index contributed by atoms with van der Waals surface area (Å²) >= 11 is 0. The summed E-state index contributed by atoms with van der Waals surface area (Å²) in [5, 5.41) is 10.0. The maximum Gasteiger partial charge on any atom is 0.224 e. The molecule has 0 bridgehead atoms. The van der Waals surface area contributed by atoms with Crippen LogP contribution in [-0.4, -0.2) is 70.4 Å². The highest BCUT2D eigenvalue weighted by Crippen LogP contribution is 2.22. The average Bonchev–Trinajstić information content (AvgIpc) is 2.86. The molecule has 2 heterocycles. The first-order valence-electron chi connectivity index (χ1n) is 8.53. The van der Waals surface area contributed by atoms with Gasteiger partial charge in [0.25, 0.3) is 0 Å². The smallest absolute Gasteiger partial charge is 0.224 e. The zero-order valence-electron chi connectivity index (χ0n) is 14.1. The summed E-state index contributed by atoms with van der Waals surface area (Å²) in [5.41, 5.74) is 2.68. The molecule has 2 aliphatic rings. The Labute approximate surface area is 142 Å². The predicted octanol–water partition coefficient (Wildman–Crippen LogP) is 0.444. The number of hydrogen-bond donors (Lipinski definition) is 1. The van der Waals surface area contributed by atoms with Crippen LogP contribution in [0.4, 0.5) is 0 Å². The van der Waals surface area contributed by atoms with E-state index in [0.29, 0.717) is 32.6 Å². The highest BCUT2D eigenvalue weighted by molar-refractivity contribution is 5.77. The van der Waals surface area contributed by atoms with Crippen molar-refractivity contribution >= 4 is 11.8 Å². The van der Waals surface area contributed by atoms with Crippen molar-refractivity contribution in [3.05, 3.63) is 35.4 Å². The van der Waals surface area contributed by atoms with Crippen LogP contribution in [0.5, 0.6) is 0 Å². The van der Waals surface area contributed by atoms with E-state index in [-0.39, 0.29) is 11.8 Å². The molecule has 1 aromatic carbocycles. The zero-order chi connectivity index (χ0) is 17.1. The molecule has 0 radical (unpaired) electrons. The van der Waals surface area contributed by atoms with E-state index in [2.05, 4.69) is 17.0 Å². The third-order valence-corrected chi connectivity index (χ3v) is 4.85. The van der Waals surface area contributed by atoms with Crippen LogP contribution in [0.3, 0.4) is 0 Å². The van der Waals surface area contributed by atoms with Gasteiger partial charge in [0.2, 0.25) is 11.8 Å². The Morgan fingerprint density at radius 1 is 1.08 bits per heavy atom. The number of carbonyl (C=O) groups is 2.